The second-order valence-electron chi connectivity index (χ2n) is 3.34. The topological polar surface area (TPSA) is 62.8 Å². The lowest BCUT2D eigenvalue weighted by molar-refractivity contribution is 0.626. The van der Waals surface area contributed by atoms with Crippen molar-refractivity contribution in [3.63, 3.8) is 0 Å². The fourth-order valence-electron chi connectivity index (χ4n) is 1.31. The van der Waals surface area contributed by atoms with Crippen LogP contribution in [-0.2, 0) is 0 Å². The van der Waals surface area contributed by atoms with Crippen LogP contribution in [0.5, 0.6) is 0 Å². The van der Waals surface area contributed by atoms with E-state index in [9.17, 15) is 4.39 Å². The van der Waals surface area contributed by atoms with Crippen LogP contribution in [0.2, 0.25) is 0 Å². The molecule has 5 heteroatoms. The van der Waals surface area contributed by atoms with Gasteiger partial charge in [0.25, 0.3) is 0 Å². The van der Waals surface area contributed by atoms with E-state index < -0.39 is 0 Å². The molecule has 0 spiro atoms. The van der Waals surface area contributed by atoms with Crippen molar-refractivity contribution in [2.24, 2.45) is 5.73 Å². The zero-order chi connectivity index (χ0) is 12.3. The molecule has 0 saturated carbocycles. The van der Waals surface area contributed by atoms with E-state index in [1.165, 1.54) is 23.9 Å². The van der Waals surface area contributed by atoms with Crippen LogP contribution in [0.4, 0.5) is 4.39 Å². The quantitative estimate of drug-likeness (QED) is 0.647. The van der Waals surface area contributed by atoms with Crippen molar-refractivity contribution in [3.8, 4) is 0 Å². The minimum Gasteiger partial charge on any atom is -0.384 e. The molecule has 3 N–H and O–H groups in total. The molecular weight excluding hydrogens is 237 g/mol. The SMILES string of the molecule is N=C(N)c1ccncc1Sc1ccc(F)cc1. The van der Waals surface area contributed by atoms with Gasteiger partial charge < -0.3 is 5.73 Å². The van der Waals surface area contributed by atoms with E-state index in [1.807, 2.05) is 0 Å². The van der Waals surface area contributed by atoms with Crippen LogP contribution in [0.1, 0.15) is 5.56 Å². The van der Waals surface area contributed by atoms with Crippen LogP contribution in [0.15, 0.2) is 52.5 Å². The Balaban J connectivity index is 2.30. The summed E-state index contributed by atoms with van der Waals surface area (Å²) in [5.41, 5.74) is 6.11. The van der Waals surface area contributed by atoms with Crippen LogP contribution in [-0.4, -0.2) is 10.8 Å². The maximum atomic E-state index is 12.8. The highest BCUT2D eigenvalue weighted by Crippen LogP contribution is 2.29. The lowest BCUT2D eigenvalue weighted by Crippen LogP contribution is -2.12. The fraction of sp³-hybridized carbons (Fsp3) is 0. The Kier molecular flexibility index (Phi) is 3.39. The van der Waals surface area contributed by atoms with Gasteiger partial charge in [-0.15, -0.1) is 0 Å². The summed E-state index contributed by atoms with van der Waals surface area (Å²) in [5.74, 6) is -0.274. The first-order valence-electron chi connectivity index (χ1n) is 4.88. The number of pyridine rings is 1. The molecule has 0 aliphatic carbocycles. The summed E-state index contributed by atoms with van der Waals surface area (Å²) in [5, 5.41) is 7.45. The summed E-state index contributed by atoms with van der Waals surface area (Å²) < 4.78 is 12.8. The third-order valence-electron chi connectivity index (χ3n) is 2.12. The van der Waals surface area contributed by atoms with E-state index in [4.69, 9.17) is 11.1 Å². The molecule has 2 aromatic rings. The number of nitrogen functional groups attached to an aromatic ring is 1. The molecule has 0 saturated heterocycles. The van der Waals surface area contributed by atoms with Crippen molar-refractivity contribution in [2.45, 2.75) is 9.79 Å². The van der Waals surface area contributed by atoms with Crippen LogP contribution in [0.3, 0.4) is 0 Å². The Hall–Kier alpha value is -1.88. The van der Waals surface area contributed by atoms with Gasteiger partial charge in [0, 0.05) is 27.7 Å². The number of amidine groups is 1. The molecule has 0 fully saturated rings. The third kappa shape index (κ3) is 2.82. The largest absolute Gasteiger partial charge is 0.384 e. The number of nitrogens with two attached hydrogens (primary N) is 1. The molecule has 3 nitrogen and oxygen atoms in total. The number of hydrogen-bond acceptors (Lipinski definition) is 3. The summed E-state index contributed by atoms with van der Waals surface area (Å²) in [6.07, 6.45) is 3.23. The molecule has 1 aromatic carbocycles. The first-order chi connectivity index (χ1) is 8.16. The van der Waals surface area contributed by atoms with Gasteiger partial charge in [-0.05, 0) is 30.3 Å². The first-order valence-corrected chi connectivity index (χ1v) is 5.70. The molecule has 0 amide bonds. The van der Waals surface area contributed by atoms with Crippen molar-refractivity contribution in [1.29, 1.82) is 5.41 Å². The molecule has 1 aromatic heterocycles. The second kappa shape index (κ2) is 4.97. The lowest BCUT2D eigenvalue weighted by atomic mass is 10.2. The molecule has 0 bridgehead atoms. The zero-order valence-electron chi connectivity index (χ0n) is 8.85. The molecule has 0 unspecified atom stereocenters. The monoisotopic (exact) mass is 247 g/mol. The molecule has 0 aliphatic rings. The predicted octanol–water partition coefficient (Wildman–Crippen LogP) is 2.66. The molecular formula is C12H10FN3S. The third-order valence-corrected chi connectivity index (χ3v) is 3.17. The highest BCUT2D eigenvalue weighted by molar-refractivity contribution is 7.99. The first kappa shape index (κ1) is 11.6. The average molecular weight is 247 g/mol. The lowest BCUT2D eigenvalue weighted by Gasteiger charge is -2.06. The number of nitrogens with one attached hydrogen (secondary N) is 1. The van der Waals surface area contributed by atoms with Gasteiger partial charge >= 0.3 is 0 Å². The maximum Gasteiger partial charge on any atom is 0.124 e. The van der Waals surface area contributed by atoms with Gasteiger partial charge in [-0.1, -0.05) is 11.8 Å². The summed E-state index contributed by atoms with van der Waals surface area (Å²) in [6, 6.07) is 7.83. The maximum absolute atomic E-state index is 12.8. The van der Waals surface area contributed by atoms with Crippen LogP contribution >= 0.6 is 11.8 Å². The highest BCUT2D eigenvalue weighted by Gasteiger charge is 2.06. The number of rotatable bonds is 3. The van der Waals surface area contributed by atoms with Gasteiger partial charge in [-0.25, -0.2) is 4.39 Å². The van der Waals surface area contributed by atoms with Gasteiger partial charge in [0.1, 0.15) is 11.7 Å². The van der Waals surface area contributed by atoms with E-state index in [0.29, 0.717) is 5.56 Å². The van der Waals surface area contributed by atoms with E-state index in [0.717, 1.165) is 9.79 Å². The molecule has 0 radical (unpaired) electrons. The molecule has 17 heavy (non-hydrogen) atoms. The van der Waals surface area contributed by atoms with Crippen molar-refractivity contribution < 1.29 is 4.39 Å². The van der Waals surface area contributed by atoms with Crippen molar-refractivity contribution in [2.75, 3.05) is 0 Å². The van der Waals surface area contributed by atoms with Gasteiger partial charge in [0.2, 0.25) is 0 Å². The minimum atomic E-state index is -0.271. The summed E-state index contributed by atoms with van der Waals surface area (Å²) in [7, 11) is 0. The summed E-state index contributed by atoms with van der Waals surface area (Å²) in [4.78, 5) is 5.65. The summed E-state index contributed by atoms with van der Waals surface area (Å²) in [6.45, 7) is 0. The molecule has 1 heterocycles. The van der Waals surface area contributed by atoms with E-state index in [1.54, 1.807) is 30.6 Å². The average Bonchev–Trinajstić information content (AvgIpc) is 2.32. The fourth-order valence-corrected chi connectivity index (χ4v) is 2.24. The Morgan fingerprint density at radius 2 is 1.94 bits per heavy atom. The number of halogens is 1. The van der Waals surface area contributed by atoms with Crippen LogP contribution in [0, 0.1) is 11.2 Å². The van der Waals surface area contributed by atoms with Crippen molar-refractivity contribution in [1.82, 2.24) is 4.98 Å². The molecule has 0 atom stereocenters. The molecule has 2 rings (SSSR count). The zero-order valence-corrected chi connectivity index (χ0v) is 9.67. The van der Waals surface area contributed by atoms with Gasteiger partial charge in [0.15, 0.2) is 0 Å². The smallest absolute Gasteiger partial charge is 0.124 e. The Labute approximate surface area is 102 Å². The van der Waals surface area contributed by atoms with Crippen molar-refractivity contribution >= 4 is 17.6 Å². The van der Waals surface area contributed by atoms with Crippen LogP contribution in [0.25, 0.3) is 0 Å². The minimum absolute atomic E-state index is 0.00277. The number of aromatic nitrogens is 1. The predicted molar refractivity (Wildman–Crippen MR) is 65.8 cm³/mol. The molecule has 0 aliphatic heterocycles. The van der Waals surface area contributed by atoms with E-state index >= 15 is 0 Å². The number of hydrogen-bond donors (Lipinski definition) is 2. The normalized spacial score (nSPS) is 10.2. The van der Waals surface area contributed by atoms with E-state index in [2.05, 4.69) is 4.98 Å². The second-order valence-corrected chi connectivity index (χ2v) is 4.46. The van der Waals surface area contributed by atoms with E-state index in [-0.39, 0.29) is 11.7 Å². The number of benzene rings is 1. The Morgan fingerprint density at radius 3 is 2.59 bits per heavy atom. The standard InChI is InChI=1S/C12H10FN3S/c13-8-1-3-9(4-2-8)17-11-7-16-6-5-10(11)12(14)15/h1-7H,(H3,14,15). The van der Waals surface area contributed by atoms with Crippen LogP contribution < -0.4 is 5.73 Å². The van der Waals surface area contributed by atoms with Gasteiger partial charge in [0.05, 0.1) is 0 Å². The van der Waals surface area contributed by atoms with Gasteiger partial charge in [-0.3, -0.25) is 10.4 Å². The Bertz CT molecular complexity index is 540. The van der Waals surface area contributed by atoms with Crippen molar-refractivity contribution in [3.05, 3.63) is 54.1 Å². The highest BCUT2D eigenvalue weighted by atomic mass is 32.2. The molecule has 86 valence electrons. The summed E-state index contributed by atoms with van der Waals surface area (Å²) >= 11 is 1.40. The van der Waals surface area contributed by atoms with Gasteiger partial charge in [-0.2, -0.15) is 0 Å². The Morgan fingerprint density at radius 1 is 1.24 bits per heavy atom. The number of nitrogens with zero attached hydrogens (tertiary/aromatic N) is 1.